The summed E-state index contributed by atoms with van der Waals surface area (Å²) in [6.45, 7) is 5.54. The smallest absolute Gasteiger partial charge is 0.161 e. The first-order chi connectivity index (χ1) is 14.8. The topological polar surface area (TPSA) is 114 Å². The normalized spacial score (nSPS) is 49.2. The van der Waals surface area contributed by atoms with Crippen molar-refractivity contribution in [3.8, 4) is 0 Å². The standard InChI is InChI=1S/C21H38O10/c1-10-19(23)13(24-4)8-17(28-10)30-21-12(3)29-18(9-15(21)26-6)31-20-11(2)27-16(22)7-14(20)25-5/h10-23H,7-9H2,1-6H3/t10-,11-,12-,13-,14+,15+,16-,17+,18+,19+,20-,21-/m1/s1. The summed E-state index contributed by atoms with van der Waals surface area (Å²) in [6, 6.07) is 0. The van der Waals surface area contributed by atoms with E-state index in [1.54, 1.807) is 28.3 Å². The van der Waals surface area contributed by atoms with Crippen LogP contribution in [0.25, 0.3) is 0 Å². The fourth-order valence-electron chi connectivity index (χ4n) is 4.64. The van der Waals surface area contributed by atoms with Crippen molar-refractivity contribution in [3.05, 3.63) is 0 Å². The molecule has 0 aromatic heterocycles. The number of hydrogen-bond acceptors (Lipinski definition) is 10. The Hall–Kier alpha value is -0.400. The Bertz CT molecular complexity index is 550. The number of ether oxygens (including phenoxy) is 8. The Balaban J connectivity index is 1.60. The molecule has 10 heteroatoms. The molecule has 3 fully saturated rings. The highest BCUT2D eigenvalue weighted by molar-refractivity contribution is 4.88. The molecule has 0 unspecified atom stereocenters. The molecule has 0 saturated carbocycles. The zero-order chi connectivity index (χ0) is 22.7. The lowest BCUT2D eigenvalue weighted by Gasteiger charge is -2.45. The molecule has 3 saturated heterocycles. The largest absolute Gasteiger partial charge is 0.388 e. The van der Waals surface area contributed by atoms with Crippen molar-refractivity contribution >= 4 is 0 Å². The summed E-state index contributed by atoms with van der Waals surface area (Å²) in [6.07, 6.45) is -4.26. The fourth-order valence-corrected chi connectivity index (χ4v) is 4.64. The third-order valence-corrected chi connectivity index (χ3v) is 6.43. The second-order valence-electron chi connectivity index (χ2n) is 8.56. The van der Waals surface area contributed by atoms with Gasteiger partial charge in [-0.1, -0.05) is 0 Å². The summed E-state index contributed by atoms with van der Waals surface area (Å²) in [5.41, 5.74) is 0. The minimum absolute atomic E-state index is 0.285. The minimum atomic E-state index is -0.872. The summed E-state index contributed by atoms with van der Waals surface area (Å²) < 4.78 is 46.4. The van der Waals surface area contributed by atoms with Gasteiger partial charge in [0.05, 0.1) is 36.6 Å². The first-order valence-electron chi connectivity index (χ1n) is 11.0. The van der Waals surface area contributed by atoms with E-state index in [9.17, 15) is 10.2 Å². The Kier molecular flexibility index (Phi) is 9.07. The molecule has 12 atom stereocenters. The van der Waals surface area contributed by atoms with Gasteiger partial charge in [-0.25, -0.2) is 0 Å². The van der Waals surface area contributed by atoms with Crippen molar-refractivity contribution in [2.75, 3.05) is 21.3 Å². The molecule has 0 aromatic rings. The molecule has 10 nitrogen and oxygen atoms in total. The summed E-state index contributed by atoms with van der Waals surface area (Å²) >= 11 is 0. The second-order valence-corrected chi connectivity index (χ2v) is 8.56. The van der Waals surface area contributed by atoms with Crippen LogP contribution in [0.5, 0.6) is 0 Å². The summed E-state index contributed by atoms with van der Waals surface area (Å²) in [5.74, 6) is 0. The first kappa shape index (κ1) is 25.2. The quantitative estimate of drug-likeness (QED) is 0.570. The van der Waals surface area contributed by atoms with E-state index < -0.39 is 31.1 Å². The maximum Gasteiger partial charge on any atom is 0.161 e. The van der Waals surface area contributed by atoms with Crippen molar-refractivity contribution < 1.29 is 48.1 Å². The third-order valence-electron chi connectivity index (χ3n) is 6.43. The van der Waals surface area contributed by atoms with Crippen LogP contribution in [0.3, 0.4) is 0 Å². The van der Waals surface area contributed by atoms with E-state index in [0.29, 0.717) is 19.3 Å². The summed E-state index contributed by atoms with van der Waals surface area (Å²) in [7, 11) is 4.79. The maximum atomic E-state index is 10.2. The lowest BCUT2D eigenvalue weighted by Crippen LogP contribution is -2.56. The summed E-state index contributed by atoms with van der Waals surface area (Å²) in [4.78, 5) is 0. The molecular formula is C21H38O10. The number of rotatable bonds is 7. The Morgan fingerprint density at radius 2 is 1.06 bits per heavy atom. The Morgan fingerprint density at radius 3 is 1.61 bits per heavy atom. The van der Waals surface area contributed by atoms with Gasteiger partial charge in [0.2, 0.25) is 0 Å². The van der Waals surface area contributed by atoms with Gasteiger partial charge in [-0.3, -0.25) is 0 Å². The van der Waals surface area contributed by atoms with E-state index >= 15 is 0 Å². The van der Waals surface area contributed by atoms with E-state index in [-0.39, 0.29) is 42.7 Å². The van der Waals surface area contributed by atoms with Gasteiger partial charge < -0.3 is 48.1 Å². The molecule has 3 rings (SSSR count). The lowest BCUT2D eigenvalue weighted by atomic mass is 9.99. The highest BCUT2D eigenvalue weighted by Crippen LogP contribution is 2.33. The Labute approximate surface area is 184 Å². The molecule has 0 aliphatic carbocycles. The predicted molar refractivity (Wildman–Crippen MR) is 107 cm³/mol. The average molecular weight is 451 g/mol. The SMILES string of the molecule is CO[C@H]1C[C@H](O[C@H]2[C@@H](OC)C[C@H](O)O[C@@H]2C)O[C@H](C)[C@H]1O[C@H]1C[C@@H](OC)[C@@H](O)[C@@H](C)O1. The molecule has 3 aliphatic heterocycles. The Morgan fingerprint density at radius 1 is 0.613 bits per heavy atom. The van der Waals surface area contributed by atoms with Gasteiger partial charge in [0.15, 0.2) is 18.9 Å². The van der Waals surface area contributed by atoms with Crippen molar-refractivity contribution in [1.82, 2.24) is 0 Å². The molecule has 3 heterocycles. The van der Waals surface area contributed by atoms with Gasteiger partial charge in [0.1, 0.15) is 18.3 Å². The van der Waals surface area contributed by atoms with Crippen LogP contribution < -0.4 is 0 Å². The van der Waals surface area contributed by atoms with E-state index in [4.69, 9.17) is 37.9 Å². The molecule has 0 amide bonds. The number of aliphatic hydroxyl groups is 2. The van der Waals surface area contributed by atoms with Crippen molar-refractivity contribution in [2.45, 2.75) is 114 Å². The average Bonchev–Trinajstić information content (AvgIpc) is 2.73. The highest BCUT2D eigenvalue weighted by atomic mass is 16.7. The molecule has 0 aromatic carbocycles. The van der Waals surface area contributed by atoms with Crippen LogP contribution in [-0.2, 0) is 37.9 Å². The van der Waals surface area contributed by atoms with E-state index in [1.165, 1.54) is 0 Å². The zero-order valence-electron chi connectivity index (χ0n) is 19.2. The monoisotopic (exact) mass is 450 g/mol. The summed E-state index contributed by atoms with van der Waals surface area (Å²) in [5, 5.41) is 20.0. The molecule has 182 valence electrons. The van der Waals surface area contributed by atoms with Gasteiger partial charge in [-0.2, -0.15) is 0 Å². The van der Waals surface area contributed by atoms with Crippen LogP contribution in [0.4, 0.5) is 0 Å². The van der Waals surface area contributed by atoms with Crippen LogP contribution >= 0.6 is 0 Å². The van der Waals surface area contributed by atoms with Crippen LogP contribution in [-0.4, -0.2) is 105 Å². The van der Waals surface area contributed by atoms with Crippen molar-refractivity contribution in [2.24, 2.45) is 0 Å². The molecule has 0 radical (unpaired) electrons. The lowest BCUT2D eigenvalue weighted by molar-refractivity contribution is -0.334. The molecular weight excluding hydrogens is 412 g/mol. The third kappa shape index (κ3) is 5.94. The van der Waals surface area contributed by atoms with Gasteiger partial charge in [-0.15, -0.1) is 0 Å². The van der Waals surface area contributed by atoms with Gasteiger partial charge in [0.25, 0.3) is 0 Å². The number of aliphatic hydroxyl groups excluding tert-OH is 2. The van der Waals surface area contributed by atoms with Crippen LogP contribution in [0.1, 0.15) is 40.0 Å². The van der Waals surface area contributed by atoms with Crippen LogP contribution in [0.15, 0.2) is 0 Å². The molecule has 0 spiro atoms. The zero-order valence-corrected chi connectivity index (χ0v) is 19.2. The minimum Gasteiger partial charge on any atom is -0.388 e. The first-order valence-corrected chi connectivity index (χ1v) is 11.0. The molecule has 31 heavy (non-hydrogen) atoms. The number of hydrogen-bond donors (Lipinski definition) is 2. The highest BCUT2D eigenvalue weighted by Gasteiger charge is 2.45. The molecule has 0 bridgehead atoms. The van der Waals surface area contributed by atoms with Crippen LogP contribution in [0.2, 0.25) is 0 Å². The second kappa shape index (κ2) is 11.1. The van der Waals surface area contributed by atoms with Crippen LogP contribution in [0, 0.1) is 0 Å². The predicted octanol–water partition coefficient (Wildman–Crippen LogP) is 0.560. The number of methoxy groups -OCH3 is 3. The van der Waals surface area contributed by atoms with Gasteiger partial charge in [0, 0.05) is 40.6 Å². The van der Waals surface area contributed by atoms with Crippen molar-refractivity contribution in [1.29, 1.82) is 0 Å². The van der Waals surface area contributed by atoms with Crippen molar-refractivity contribution in [3.63, 3.8) is 0 Å². The molecule has 2 N–H and O–H groups in total. The van der Waals surface area contributed by atoms with E-state index in [1.807, 2.05) is 13.8 Å². The van der Waals surface area contributed by atoms with Gasteiger partial charge >= 0.3 is 0 Å². The maximum absolute atomic E-state index is 10.2. The fraction of sp³-hybridized carbons (Fsp3) is 1.00. The van der Waals surface area contributed by atoms with E-state index in [0.717, 1.165) is 0 Å². The van der Waals surface area contributed by atoms with Gasteiger partial charge in [-0.05, 0) is 20.8 Å². The van der Waals surface area contributed by atoms with E-state index in [2.05, 4.69) is 0 Å². The molecule has 3 aliphatic rings.